The summed E-state index contributed by atoms with van der Waals surface area (Å²) >= 11 is 19.2. The van der Waals surface area contributed by atoms with Crippen LogP contribution in [-0.2, 0) is 113 Å². The summed E-state index contributed by atoms with van der Waals surface area (Å²) in [5.41, 5.74) is 1.58. The SMILES string of the molecule is C=CC1(C(=O)OC)O[C@@H](O[C@H]2C(CO[Si](c3ccccc3)(c3ccccc3)C(C)(C)C)OC(OC(=N)C(Cl)(Cl)Cl)C(C)[C@H]2OCc2ccc(OC)cc2)C(OCc2ccccc2)[C@@H](OC)[C@H]1O[C@@H]1OC(COC(C)=O)[C@H](OCc2ccccc2)[C@H](OCc2ccccc2)C1OCc1ccccc1. The van der Waals surface area contributed by atoms with Crippen LogP contribution in [0.15, 0.2) is 219 Å². The molecule has 0 aliphatic carbocycles. The van der Waals surface area contributed by atoms with E-state index in [1.165, 1.54) is 27.2 Å². The maximum atomic E-state index is 15.5. The topological polar surface area (TPSA) is 206 Å². The van der Waals surface area contributed by atoms with Gasteiger partial charge in [-0.15, -0.1) is 0 Å². The van der Waals surface area contributed by atoms with Gasteiger partial charge in [-0.3, -0.25) is 10.2 Å². The third-order valence-electron chi connectivity index (χ3n) is 18.4. The van der Waals surface area contributed by atoms with E-state index < -0.39 is 126 Å². The molecule has 0 saturated carbocycles. The number of rotatable bonds is 31. The molecule has 3 heterocycles. The zero-order chi connectivity index (χ0) is 72.4. The molecule has 3 fully saturated rings. The monoisotopic (exact) mass is 1470 g/mol. The van der Waals surface area contributed by atoms with Crippen LogP contribution in [0.3, 0.4) is 0 Å². The summed E-state index contributed by atoms with van der Waals surface area (Å²) in [6, 6.07) is 65.6. The maximum Gasteiger partial charge on any atom is 0.345 e. The van der Waals surface area contributed by atoms with E-state index in [4.69, 9.17) is 116 Å². The molecule has 7 unspecified atom stereocenters. The highest BCUT2D eigenvalue weighted by molar-refractivity contribution is 6.99. The Balaban J connectivity index is 1.12. The fraction of sp³-hybridized carbons (Fsp3) is 0.405. The van der Waals surface area contributed by atoms with Crippen molar-refractivity contribution < 1.29 is 85.1 Å². The van der Waals surface area contributed by atoms with Crippen LogP contribution in [0.4, 0.5) is 0 Å². The number of hydrogen-bond acceptors (Lipinski definition) is 19. The molecule has 102 heavy (non-hydrogen) atoms. The third-order valence-corrected chi connectivity index (χ3v) is 23.9. The number of methoxy groups -OCH3 is 3. The van der Waals surface area contributed by atoms with Crippen LogP contribution in [0, 0.1) is 11.3 Å². The second kappa shape index (κ2) is 36.2. The van der Waals surface area contributed by atoms with Gasteiger partial charge in [-0.2, -0.15) is 0 Å². The largest absolute Gasteiger partial charge is 0.497 e. The number of carbonyl (C=O) groups excluding carboxylic acids is 2. The smallest absolute Gasteiger partial charge is 0.345 e. The fourth-order valence-electron chi connectivity index (χ4n) is 13.2. The molecule has 0 radical (unpaired) electrons. The quantitative estimate of drug-likeness (QED) is 0.0107. The van der Waals surface area contributed by atoms with Gasteiger partial charge in [-0.25, -0.2) is 4.79 Å². The van der Waals surface area contributed by atoms with Crippen LogP contribution in [0.5, 0.6) is 5.75 Å². The molecule has 10 rings (SSSR count). The summed E-state index contributed by atoms with van der Waals surface area (Å²) in [5, 5.41) is 10.3. The number of ether oxygens (including phenoxy) is 15. The van der Waals surface area contributed by atoms with Crippen LogP contribution >= 0.6 is 34.8 Å². The van der Waals surface area contributed by atoms with Crippen molar-refractivity contribution in [3.8, 4) is 5.75 Å². The molecule has 15 atom stereocenters. The van der Waals surface area contributed by atoms with Gasteiger partial charge in [0.05, 0.1) is 60.0 Å². The maximum absolute atomic E-state index is 15.5. The lowest BCUT2D eigenvalue weighted by molar-refractivity contribution is -0.393. The van der Waals surface area contributed by atoms with Crippen LogP contribution in [-0.4, -0.2) is 150 Å². The number of alkyl halides is 3. The molecule has 1 N–H and O–H groups in total. The fourth-order valence-corrected chi connectivity index (χ4v) is 17.9. The summed E-state index contributed by atoms with van der Waals surface area (Å²) in [6.45, 7) is 13.4. The second-order valence-electron chi connectivity index (χ2n) is 26.2. The molecule has 0 spiro atoms. The Hall–Kier alpha value is -6.90. The number of hydrogen-bond donors (Lipinski definition) is 1. The zero-order valence-corrected chi connectivity index (χ0v) is 61.7. The molecule has 3 saturated heterocycles. The van der Waals surface area contributed by atoms with Crippen molar-refractivity contribution >= 4 is 71.3 Å². The predicted molar refractivity (Wildman–Crippen MR) is 388 cm³/mol. The summed E-state index contributed by atoms with van der Waals surface area (Å²) < 4.78 is 107. The lowest BCUT2D eigenvalue weighted by atomic mass is 9.85. The van der Waals surface area contributed by atoms with Gasteiger partial charge in [0.15, 0.2) is 12.6 Å². The molecule has 3 aliphatic rings. The molecule has 0 aromatic heterocycles. The molecule has 0 amide bonds. The van der Waals surface area contributed by atoms with Crippen molar-refractivity contribution in [1.82, 2.24) is 0 Å². The molecule has 7 aromatic rings. The second-order valence-corrected chi connectivity index (χ2v) is 32.8. The highest BCUT2D eigenvalue weighted by Crippen LogP contribution is 2.45. The van der Waals surface area contributed by atoms with Crippen molar-refractivity contribution in [2.45, 2.75) is 162 Å². The molecular weight excluding hydrogens is 1390 g/mol. The van der Waals surface area contributed by atoms with Crippen LogP contribution < -0.4 is 15.1 Å². The first-order valence-corrected chi connectivity index (χ1v) is 36.9. The van der Waals surface area contributed by atoms with Gasteiger partial charge in [0.25, 0.3) is 12.1 Å². The highest BCUT2D eigenvalue weighted by atomic mass is 35.6. The lowest BCUT2D eigenvalue weighted by Gasteiger charge is -2.54. The van der Waals surface area contributed by atoms with Gasteiger partial charge >= 0.3 is 11.9 Å². The normalized spacial score (nSPS) is 26.1. The van der Waals surface area contributed by atoms with Crippen molar-refractivity contribution in [3.05, 3.63) is 247 Å². The number of halogens is 3. The van der Waals surface area contributed by atoms with E-state index in [0.29, 0.717) is 5.75 Å². The van der Waals surface area contributed by atoms with Crippen molar-refractivity contribution in [2.24, 2.45) is 5.92 Å². The van der Waals surface area contributed by atoms with Crippen molar-refractivity contribution in [3.63, 3.8) is 0 Å². The summed E-state index contributed by atoms with van der Waals surface area (Å²) in [6.07, 6.45) is -15.6. The molecule has 23 heteroatoms. The first kappa shape index (κ1) is 77.7. The van der Waals surface area contributed by atoms with Gasteiger partial charge in [0.2, 0.25) is 17.8 Å². The van der Waals surface area contributed by atoms with Gasteiger partial charge in [-0.1, -0.05) is 263 Å². The van der Waals surface area contributed by atoms with Crippen LogP contribution in [0.2, 0.25) is 5.04 Å². The number of nitrogens with one attached hydrogen (secondary N) is 1. The number of esters is 2. The zero-order valence-electron chi connectivity index (χ0n) is 58.4. The first-order valence-electron chi connectivity index (χ1n) is 33.8. The first-order chi connectivity index (χ1) is 49.2. The molecule has 19 nitrogen and oxygen atoms in total. The Bertz CT molecular complexity index is 3700. The third kappa shape index (κ3) is 19.0. The van der Waals surface area contributed by atoms with Crippen molar-refractivity contribution in [1.29, 1.82) is 5.41 Å². The minimum absolute atomic E-state index is 0.00778. The predicted octanol–water partition coefficient (Wildman–Crippen LogP) is 12.8. The minimum atomic E-state index is -3.44. The summed E-state index contributed by atoms with van der Waals surface area (Å²) in [5.74, 6) is -2.52. The van der Waals surface area contributed by atoms with Gasteiger partial charge < -0.3 is 75.5 Å². The summed E-state index contributed by atoms with van der Waals surface area (Å²) in [4.78, 5) is 28.4. The average Bonchev–Trinajstić information content (AvgIpc) is 0.822. The standard InChI is InChI=1S/C79H90Cl3NO18Si/c1-10-78(76(85)88-9)71(99-73-69(93-47-56-33-21-13-22-34-56)67(92-46-55-31-19-12-20-32-55)65(62(97-73)50-89-53(3)84)91-45-54-29-17-11-18-30-54)68(87-8)70(94-48-57-35-23-14-24-36-57)74(101-78)98-66-63(51-95-102(77(4,5)6,60-37-25-15-26-38-60)61-39-27-16-28-40-61)96-72(100-75(83)79(80,81)82)52(2)64(66)90-49-58-41-43-59(86-7)44-42-58/h10-44,52,62-74,83H,1,45-51H2,2-9H3/t52?,62?,63?,64-,65+,66+,67+,68-,69?,70?,71-,72?,73+,74-,78?/m1/s1. The highest BCUT2D eigenvalue weighted by Gasteiger charge is 2.64. The average molecular weight is 1480 g/mol. The Morgan fingerprint density at radius 1 is 0.529 bits per heavy atom. The van der Waals surface area contributed by atoms with E-state index in [1.807, 2.05) is 182 Å². The molecule has 544 valence electrons. The molecule has 7 aromatic carbocycles. The van der Waals surface area contributed by atoms with Crippen LogP contribution in [0.25, 0.3) is 0 Å². The van der Waals surface area contributed by atoms with E-state index in [-0.39, 0.29) is 46.2 Å². The van der Waals surface area contributed by atoms with Gasteiger partial charge in [-0.05, 0) is 61.4 Å². The lowest BCUT2D eigenvalue weighted by Crippen LogP contribution is -2.72. The van der Waals surface area contributed by atoms with E-state index in [0.717, 1.165) is 38.2 Å². The minimum Gasteiger partial charge on any atom is -0.497 e. The van der Waals surface area contributed by atoms with Crippen LogP contribution in [0.1, 0.15) is 62.4 Å². The van der Waals surface area contributed by atoms with E-state index in [9.17, 15) is 4.79 Å². The molecule has 0 bridgehead atoms. The Kier molecular flexibility index (Phi) is 27.6. The molecule has 3 aliphatic heterocycles. The number of carbonyl (C=O) groups is 2. The van der Waals surface area contributed by atoms with Gasteiger partial charge in [0.1, 0.15) is 67.3 Å². The molecular formula is C79H90Cl3NO18Si. The van der Waals surface area contributed by atoms with E-state index in [2.05, 4.69) is 51.6 Å². The van der Waals surface area contributed by atoms with E-state index in [1.54, 1.807) is 14.0 Å². The Morgan fingerprint density at radius 3 is 1.38 bits per heavy atom. The Labute approximate surface area is 613 Å². The number of benzene rings is 7. The van der Waals surface area contributed by atoms with E-state index >= 15 is 4.79 Å². The summed E-state index contributed by atoms with van der Waals surface area (Å²) in [7, 11) is 0.783. The van der Waals surface area contributed by atoms with Crippen molar-refractivity contribution in [2.75, 3.05) is 34.5 Å². The Morgan fingerprint density at radius 2 is 0.951 bits per heavy atom. The van der Waals surface area contributed by atoms with Gasteiger partial charge in [0, 0.05) is 20.0 Å².